The highest BCUT2D eigenvalue weighted by Crippen LogP contribution is 2.33. The number of rotatable bonds is 3. The van der Waals surface area contributed by atoms with Crippen molar-refractivity contribution in [2.75, 3.05) is 5.32 Å². The van der Waals surface area contributed by atoms with Crippen molar-refractivity contribution in [1.29, 1.82) is 0 Å². The second-order valence-electron chi connectivity index (χ2n) is 8.77. The average molecular weight is 399 g/mol. The fourth-order valence-corrected chi connectivity index (χ4v) is 3.76. The van der Waals surface area contributed by atoms with Crippen LogP contribution in [-0.4, -0.2) is 21.7 Å². The van der Waals surface area contributed by atoms with Gasteiger partial charge in [0.25, 0.3) is 5.91 Å². The molecule has 1 unspecified atom stereocenters. The summed E-state index contributed by atoms with van der Waals surface area (Å²) in [5, 5.41) is 2.73. The first kappa shape index (κ1) is 20.0. The minimum Gasteiger partial charge on any atom is -0.294 e. The first-order valence-corrected chi connectivity index (χ1v) is 10.2. The molecule has 0 saturated carbocycles. The summed E-state index contributed by atoms with van der Waals surface area (Å²) < 4.78 is 0. The molecule has 0 radical (unpaired) electrons. The molecule has 2 aromatic carbocycles. The van der Waals surface area contributed by atoms with Crippen LogP contribution in [-0.2, 0) is 11.8 Å². The second-order valence-corrected chi connectivity index (χ2v) is 8.77. The number of Topliss-reactive ketones (excluding diaryl/α,β-unsaturated/α-hetero) is 1. The van der Waals surface area contributed by atoms with Crippen LogP contribution >= 0.6 is 0 Å². The van der Waals surface area contributed by atoms with Crippen molar-refractivity contribution < 1.29 is 9.59 Å². The first-order chi connectivity index (χ1) is 14.3. The van der Waals surface area contributed by atoms with Gasteiger partial charge in [0.15, 0.2) is 5.78 Å². The molecule has 1 N–H and O–H groups in total. The van der Waals surface area contributed by atoms with Gasteiger partial charge in [-0.1, -0.05) is 63.2 Å². The molecule has 1 aliphatic carbocycles. The van der Waals surface area contributed by atoms with Crippen molar-refractivity contribution in [2.24, 2.45) is 0 Å². The number of nitrogens with zero attached hydrogens (tertiary/aromatic N) is 2. The Morgan fingerprint density at radius 1 is 1.00 bits per heavy atom. The van der Waals surface area contributed by atoms with E-state index in [0.717, 1.165) is 5.56 Å². The Hall–Kier alpha value is -3.34. The van der Waals surface area contributed by atoms with Crippen LogP contribution in [0.5, 0.6) is 0 Å². The third-order valence-electron chi connectivity index (χ3n) is 5.55. The highest BCUT2D eigenvalue weighted by molar-refractivity contribution is 6.03. The summed E-state index contributed by atoms with van der Waals surface area (Å²) in [4.78, 5) is 33.7. The zero-order valence-corrected chi connectivity index (χ0v) is 17.5. The number of carbonyl (C=O) groups excluding carboxylic acids is 2. The van der Waals surface area contributed by atoms with Crippen molar-refractivity contribution >= 4 is 17.6 Å². The normalized spacial score (nSPS) is 16.1. The van der Waals surface area contributed by atoms with Gasteiger partial charge >= 0.3 is 0 Å². The van der Waals surface area contributed by atoms with Gasteiger partial charge in [0.2, 0.25) is 5.95 Å². The highest BCUT2D eigenvalue weighted by Gasteiger charge is 2.28. The SMILES string of the molecule is CC(C)(C)c1ccc(C2CC(=O)c3cnc(NC(=O)c4ccccc4)nc3C2)cc1. The van der Waals surface area contributed by atoms with Gasteiger partial charge in [-0.25, -0.2) is 9.97 Å². The summed E-state index contributed by atoms with van der Waals surface area (Å²) in [7, 11) is 0. The van der Waals surface area contributed by atoms with Gasteiger partial charge in [-0.2, -0.15) is 0 Å². The zero-order valence-electron chi connectivity index (χ0n) is 17.5. The lowest BCUT2D eigenvalue weighted by atomic mass is 9.80. The molecule has 4 rings (SSSR count). The molecule has 3 aromatic rings. The Labute approximate surface area is 176 Å². The average Bonchev–Trinajstić information content (AvgIpc) is 2.73. The monoisotopic (exact) mass is 399 g/mol. The zero-order chi connectivity index (χ0) is 21.3. The number of nitrogens with one attached hydrogen (secondary N) is 1. The largest absolute Gasteiger partial charge is 0.294 e. The molecular formula is C25H25N3O2. The first-order valence-electron chi connectivity index (χ1n) is 10.2. The number of aromatic nitrogens is 2. The van der Waals surface area contributed by atoms with E-state index in [0.29, 0.717) is 29.7 Å². The molecule has 0 aliphatic heterocycles. The van der Waals surface area contributed by atoms with Gasteiger partial charge in [0, 0.05) is 18.2 Å². The lowest BCUT2D eigenvalue weighted by Gasteiger charge is -2.25. The third-order valence-corrected chi connectivity index (χ3v) is 5.55. The van der Waals surface area contributed by atoms with Gasteiger partial charge in [-0.15, -0.1) is 0 Å². The van der Waals surface area contributed by atoms with E-state index in [4.69, 9.17) is 0 Å². The molecule has 0 spiro atoms. The van der Waals surface area contributed by atoms with Crippen LogP contribution in [0.15, 0.2) is 60.8 Å². The van der Waals surface area contributed by atoms with Gasteiger partial charge in [0.05, 0.1) is 11.3 Å². The molecule has 5 heteroatoms. The van der Waals surface area contributed by atoms with Crippen LogP contribution < -0.4 is 5.32 Å². The molecule has 0 fully saturated rings. The summed E-state index contributed by atoms with van der Waals surface area (Å²) in [6, 6.07) is 17.4. The van der Waals surface area contributed by atoms with E-state index in [2.05, 4.69) is 60.3 Å². The lowest BCUT2D eigenvalue weighted by Crippen LogP contribution is -2.22. The quantitative estimate of drug-likeness (QED) is 0.677. The maximum atomic E-state index is 12.7. The molecule has 152 valence electrons. The van der Waals surface area contributed by atoms with E-state index < -0.39 is 0 Å². The molecular weight excluding hydrogens is 374 g/mol. The topological polar surface area (TPSA) is 72.0 Å². The Balaban J connectivity index is 1.55. The Kier molecular flexibility index (Phi) is 5.20. The molecule has 0 bridgehead atoms. The Morgan fingerprint density at radius 3 is 2.37 bits per heavy atom. The number of benzene rings is 2. The Bertz CT molecular complexity index is 1080. The molecule has 1 aromatic heterocycles. The number of ketones is 1. The molecule has 5 nitrogen and oxygen atoms in total. The van der Waals surface area contributed by atoms with E-state index in [1.807, 2.05) is 6.07 Å². The Morgan fingerprint density at radius 2 is 1.70 bits per heavy atom. The number of hydrogen-bond donors (Lipinski definition) is 1. The van der Waals surface area contributed by atoms with Gasteiger partial charge in [0.1, 0.15) is 0 Å². The highest BCUT2D eigenvalue weighted by atomic mass is 16.1. The third kappa shape index (κ3) is 4.15. The van der Waals surface area contributed by atoms with Crippen LogP contribution in [0.2, 0.25) is 0 Å². The maximum Gasteiger partial charge on any atom is 0.258 e. The van der Waals surface area contributed by atoms with Crippen LogP contribution in [0.25, 0.3) is 0 Å². The molecule has 1 amide bonds. The lowest BCUT2D eigenvalue weighted by molar-refractivity contribution is 0.0962. The van der Waals surface area contributed by atoms with Crippen molar-refractivity contribution in [2.45, 2.75) is 44.9 Å². The van der Waals surface area contributed by atoms with Crippen molar-refractivity contribution in [3.8, 4) is 0 Å². The van der Waals surface area contributed by atoms with Gasteiger partial charge in [-0.05, 0) is 41.0 Å². The summed E-state index contributed by atoms with van der Waals surface area (Å²) in [6.07, 6.45) is 2.62. The fraction of sp³-hybridized carbons (Fsp3) is 0.280. The van der Waals surface area contributed by atoms with E-state index in [1.165, 1.54) is 11.8 Å². The summed E-state index contributed by atoms with van der Waals surface area (Å²) in [6.45, 7) is 6.56. The maximum absolute atomic E-state index is 12.7. The molecule has 1 atom stereocenters. The van der Waals surface area contributed by atoms with Gasteiger partial charge < -0.3 is 0 Å². The number of anilines is 1. The summed E-state index contributed by atoms with van der Waals surface area (Å²) in [5.74, 6) is 0.0693. The molecule has 30 heavy (non-hydrogen) atoms. The number of amides is 1. The molecule has 1 aliphatic rings. The smallest absolute Gasteiger partial charge is 0.258 e. The van der Waals surface area contributed by atoms with Crippen LogP contribution in [0.4, 0.5) is 5.95 Å². The number of carbonyl (C=O) groups is 2. The van der Waals surface area contributed by atoms with E-state index in [9.17, 15) is 9.59 Å². The molecule has 1 heterocycles. The number of fused-ring (bicyclic) bond motifs is 1. The van der Waals surface area contributed by atoms with Crippen molar-refractivity contribution in [1.82, 2.24) is 9.97 Å². The number of hydrogen-bond acceptors (Lipinski definition) is 4. The minimum absolute atomic E-state index is 0.0436. The van der Waals surface area contributed by atoms with Gasteiger partial charge in [-0.3, -0.25) is 14.9 Å². The fourth-order valence-electron chi connectivity index (χ4n) is 3.76. The van der Waals surface area contributed by atoms with E-state index in [-0.39, 0.29) is 29.0 Å². The van der Waals surface area contributed by atoms with Crippen LogP contribution in [0.3, 0.4) is 0 Å². The van der Waals surface area contributed by atoms with E-state index >= 15 is 0 Å². The second kappa shape index (κ2) is 7.82. The predicted molar refractivity (Wildman–Crippen MR) is 117 cm³/mol. The molecule has 0 saturated heterocycles. The minimum atomic E-state index is -0.271. The summed E-state index contributed by atoms with van der Waals surface area (Å²) >= 11 is 0. The van der Waals surface area contributed by atoms with Crippen molar-refractivity contribution in [3.05, 3.63) is 88.7 Å². The standard InChI is InChI=1S/C25H25N3O2/c1-25(2,3)19-11-9-16(10-12-19)18-13-21-20(22(29)14-18)15-26-24(27-21)28-23(30)17-7-5-4-6-8-17/h4-12,15,18H,13-14H2,1-3H3,(H,26,27,28,30). The van der Waals surface area contributed by atoms with Crippen LogP contribution in [0.1, 0.15) is 70.6 Å². The predicted octanol–water partition coefficient (Wildman–Crippen LogP) is 4.94. The van der Waals surface area contributed by atoms with E-state index in [1.54, 1.807) is 24.3 Å². The van der Waals surface area contributed by atoms with Crippen molar-refractivity contribution in [3.63, 3.8) is 0 Å². The van der Waals surface area contributed by atoms with Crippen LogP contribution in [0, 0.1) is 0 Å². The summed E-state index contributed by atoms with van der Waals surface area (Å²) in [5.41, 5.74) is 4.26.